The molecule has 0 saturated carbocycles. The number of hydrogen-bond acceptors (Lipinski definition) is 7. The lowest BCUT2D eigenvalue weighted by atomic mass is 10.1. The third-order valence-corrected chi connectivity index (χ3v) is 4.31. The first kappa shape index (κ1) is 18.4. The number of ether oxygens (including phenoxy) is 1. The number of nitrogens with zero attached hydrogens (tertiary/aromatic N) is 4. The van der Waals surface area contributed by atoms with E-state index in [4.69, 9.17) is 13.7 Å². The molecule has 4 rings (SSSR count). The lowest BCUT2D eigenvalue weighted by Crippen LogP contribution is -2.26. The van der Waals surface area contributed by atoms with Crippen molar-refractivity contribution in [2.24, 2.45) is 0 Å². The first-order valence-corrected chi connectivity index (χ1v) is 8.88. The van der Waals surface area contributed by atoms with E-state index in [9.17, 15) is 4.79 Å². The fraction of sp³-hybridized carbons (Fsp3) is 0.143. The maximum absolute atomic E-state index is 12.7. The molecular weight excluding hydrogens is 372 g/mol. The number of aromatic nitrogens is 3. The van der Waals surface area contributed by atoms with Crippen LogP contribution in [0.2, 0.25) is 0 Å². The molecule has 0 aliphatic carbocycles. The van der Waals surface area contributed by atoms with Crippen molar-refractivity contribution in [3.8, 4) is 28.5 Å². The summed E-state index contributed by atoms with van der Waals surface area (Å²) >= 11 is 0. The molecule has 2 aromatic carbocycles. The molecule has 0 radical (unpaired) electrons. The van der Waals surface area contributed by atoms with Crippen LogP contribution in [-0.4, -0.2) is 40.3 Å². The van der Waals surface area contributed by atoms with E-state index in [1.807, 2.05) is 54.6 Å². The van der Waals surface area contributed by atoms with E-state index in [1.165, 1.54) is 4.90 Å². The Balaban J connectivity index is 1.44. The Kier molecular flexibility index (Phi) is 5.07. The van der Waals surface area contributed by atoms with E-state index in [0.717, 1.165) is 16.9 Å². The van der Waals surface area contributed by atoms with Crippen LogP contribution >= 0.6 is 0 Å². The quantitative estimate of drug-likeness (QED) is 0.496. The Morgan fingerprint density at radius 3 is 2.52 bits per heavy atom. The van der Waals surface area contributed by atoms with Gasteiger partial charge < -0.3 is 18.6 Å². The van der Waals surface area contributed by atoms with E-state index in [0.29, 0.717) is 17.5 Å². The van der Waals surface area contributed by atoms with Gasteiger partial charge in [-0.1, -0.05) is 23.4 Å². The number of methoxy groups -OCH3 is 1. The van der Waals surface area contributed by atoms with Gasteiger partial charge in [-0.3, -0.25) is 4.79 Å². The van der Waals surface area contributed by atoms with Gasteiger partial charge in [0.2, 0.25) is 17.5 Å². The number of hydrogen-bond donors (Lipinski definition) is 0. The lowest BCUT2D eigenvalue weighted by Gasteiger charge is -2.12. The van der Waals surface area contributed by atoms with Crippen LogP contribution in [0.4, 0.5) is 0 Å². The second-order valence-electron chi connectivity index (χ2n) is 6.33. The van der Waals surface area contributed by atoms with E-state index in [2.05, 4.69) is 15.4 Å². The number of rotatable bonds is 6. The highest BCUT2D eigenvalue weighted by Crippen LogP contribution is 2.23. The summed E-state index contributed by atoms with van der Waals surface area (Å²) in [6.45, 7) is 0.150. The summed E-state index contributed by atoms with van der Waals surface area (Å²) in [5.41, 5.74) is 2.20. The molecule has 0 aliphatic heterocycles. The minimum atomic E-state index is -0.336. The molecule has 146 valence electrons. The summed E-state index contributed by atoms with van der Waals surface area (Å²) < 4.78 is 16.0. The summed E-state index contributed by atoms with van der Waals surface area (Å²) in [6.07, 6.45) is 0. The smallest absolute Gasteiger partial charge is 0.292 e. The number of carbonyl (C=O) groups is 1. The first-order valence-electron chi connectivity index (χ1n) is 8.88. The summed E-state index contributed by atoms with van der Waals surface area (Å²) in [6, 6.07) is 18.4. The molecule has 0 fully saturated rings. The summed E-state index contributed by atoms with van der Waals surface area (Å²) in [5, 5.41) is 12.0. The Bertz CT molecular complexity index is 1100. The van der Waals surface area contributed by atoms with Gasteiger partial charge in [-0.2, -0.15) is 0 Å². The minimum absolute atomic E-state index is 0.126. The molecular formula is C21H18N4O4. The fourth-order valence-corrected chi connectivity index (χ4v) is 2.75. The predicted molar refractivity (Wildman–Crippen MR) is 104 cm³/mol. The minimum Gasteiger partial charge on any atom is -0.497 e. The van der Waals surface area contributed by atoms with Crippen LogP contribution in [0.3, 0.4) is 0 Å². The number of carbonyl (C=O) groups excluding carboxylic acids is 1. The zero-order valence-corrected chi connectivity index (χ0v) is 15.9. The van der Waals surface area contributed by atoms with Gasteiger partial charge in [0.15, 0.2) is 0 Å². The Morgan fingerprint density at radius 1 is 1.03 bits per heavy atom. The van der Waals surface area contributed by atoms with Crippen molar-refractivity contribution in [1.82, 2.24) is 20.3 Å². The Labute approximate surface area is 166 Å². The van der Waals surface area contributed by atoms with Crippen LogP contribution in [0.1, 0.15) is 16.4 Å². The molecule has 2 heterocycles. The van der Waals surface area contributed by atoms with Crippen LogP contribution in [-0.2, 0) is 6.54 Å². The van der Waals surface area contributed by atoms with E-state index < -0.39 is 0 Å². The molecule has 8 nitrogen and oxygen atoms in total. The van der Waals surface area contributed by atoms with Crippen LogP contribution in [0.5, 0.6) is 5.75 Å². The van der Waals surface area contributed by atoms with Gasteiger partial charge in [-0.05, 0) is 36.4 Å². The predicted octanol–water partition coefficient (Wildman–Crippen LogP) is 3.67. The molecule has 0 N–H and O–H groups in total. The average molecular weight is 390 g/mol. The topological polar surface area (TPSA) is 94.5 Å². The van der Waals surface area contributed by atoms with Gasteiger partial charge in [0.25, 0.3) is 5.91 Å². The first-order chi connectivity index (χ1) is 14.1. The zero-order valence-electron chi connectivity index (χ0n) is 15.9. The van der Waals surface area contributed by atoms with Gasteiger partial charge in [0.05, 0.1) is 13.7 Å². The molecule has 0 unspecified atom stereocenters. The molecule has 2 aromatic heterocycles. The summed E-state index contributed by atoms with van der Waals surface area (Å²) in [4.78, 5) is 14.1. The lowest BCUT2D eigenvalue weighted by molar-refractivity contribution is 0.0731. The maximum Gasteiger partial charge on any atom is 0.292 e. The highest BCUT2D eigenvalue weighted by atomic mass is 16.5. The number of amides is 1. The fourth-order valence-electron chi connectivity index (χ4n) is 2.75. The highest BCUT2D eigenvalue weighted by molar-refractivity contribution is 5.92. The summed E-state index contributed by atoms with van der Waals surface area (Å²) in [5.74, 6) is 1.26. The maximum atomic E-state index is 12.7. The van der Waals surface area contributed by atoms with Gasteiger partial charge in [0.1, 0.15) is 11.4 Å². The van der Waals surface area contributed by atoms with Crippen molar-refractivity contribution in [3.05, 3.63) is 72.3 Å². The zero-order chi connectivity index (χ0) is 20.2. The van der Waals surface area contributed by atoms with E-state index in [1.54, 1.807) is 20.2 Å². The number of benzene rings is 2. The summed E-state index contributed by atoms with van der Waals surface area (Å²) in [7, 11) is 3.23. The van der Waals surface area contributed by atoms with Crippen molar-refractivity contribution in [2.45, 2.75) is 6.54 Å². The second-order valence-corrected chi connectivity index (χ2v) is 6.33. The van der Waals surface area contributed by atoms with Crippen LogP contribution in [0.15, 0.2) is 69.6 Å². The van der Waals surface area contributed by atoms with Crippen molar-refractivity contribution in [1.29, 1.82) is 0 Å². The largest absolute Gasteiger partial charge is 0.497 e. The van der Waals surface area contributed by atoms with Crippen molar-refractivity contribution >= 4 is 5.91 Å². The van der Waals surface area contributed by atoms with Crippen LogP contribution in [0.25, 0.3) is 22.7 Å². The molecule has 0 saturated heterocycles. The van der Waals surface area contributed by atoms with Gasteiger partial charge in [0, 0.05) is 24.2 Å². The normalized spacial score (nSPS) is 10.7. The molecule has 0 bridgehead atoms. The van der Waals surface area contributed by atoms with Crippen molar-refractivity contribution < 1.29 is 18.5 Å². The van der Waals surface area contributed by atoms with Crippen molar-refractivity contribution in [2.75, 3.05) is 14.2 Å². The molecule has 8 heteroatoms. The van der Waals surface area contributed by atoms with Crippen LogP contribution < -0.4 is 4.74 Å². The standard InChI is InChI=1S/C21H18N4O4/c1-25(13-19-22-23-20(28-19)15-6-4-3-5-7-15)21(26)18-12-17(24-29-18)14-8-10-16(27-2)11-9-14/h3-12H,13H2,1-2H3. The molecule has 0 atom stereocenters. The second kappa shape index (κ2) is 7.97. The molecule has 4 aromatic rings. The van der Waals surface area contributed by atoms with E-state index in [-0.39, 0.29) is 18.2 Å². The van der Waals surface area contributed by atoms with Gasteiger partial charge in [-0.25, -0.2) is 0 Å². The monoisotopic (exact) mass is 390 g/mol. The SMILES string of the molecule is COc1ccc(-c2cc(C(=O)N(C)Cc3nnc(-c4ccccc4)o3)on2)cc1. The van der Waals surface area contributed by atoms with E-state index >= 15 is 0 Å². The van der Waals surface area contributed by atoms with Gasteiger partial charge in [-0.15, -0.1) is 10.2 Å². The molecule has 29 heavy (non-hydrogen) atoms. The highest BCUT2D eigenvalue weighted by Gasteiger charge is 2.20. The van der Waals surface area contributed by atoms with Gasteiger partial charge >= 0.3 is 0 Å². The molecule has 0 spiro atoms. The third kappa shape index (κ3) is 4.01. The molecule has 0 aliphatic rings. The Hall–Kier alpha value is -3.94. The average Bonchev–Trinajstić information content (AvgIpc) is 3.44. The molecule has 1 amide bonds. The van der Waals surface area contributed by atoms with Crippen LogP contribution in [0, 0.1) is 0 Å². The third-order valence-electron chi connectivity index (χ3n) is 4.31. The van der Waals surface area contributed by atoms with Crippen molar-refractivity contribution in [3.63, 3.8) is 0 Å². The Morgan fingerprint density at radius 2 is 1.79 bits per heavy atom.